The first-order chi connectivity index (χ1) is 9.99. The fraction of sp³-hybridized carbons (Fsp3) is 0.467. The van der Waals surface area contributed by atoms with Crippen LogP contribution < -0.4 is 11.1 Å². The van der Waals surface area contributed by atoms with Crippen molar-refractivity contribution in [1.29, 1.82) is 0 Å². The molecule has 5 nitrogen and oxygen atoms in total. The minimum absolute atomic E-state index is 0.0109. The van der Waals surface area contributed by atoms with Crippen molar-refractivity contribution >= 4 is 33.4 Å². The number of piperidine rings is 1. The van der Waals surface area contributed by atoms with E-state index in [1.165, 1.54) is 0 Å². The summed E-state index contributed by atoms with van der Waals surface area (Å²) in [5.74, 6) is 0.0582. The number of amides is 2. The van der Waals surface area contributed by atoms with Crippen LogP contribution in [0.15, 0.2) is 22.7 Å². The molecule has 0 aliphatic carbocycles. The Morgan fingerprint density at radius 1 is 1.33 bits per heavy atom. The number of nitrogens with zero attached hydrogens (tertiary/aromatic N) is 1. The maximum absolute atomic E-state index is 12.5. The molecule has 1 saturated heterocycles. The van der Waals surface area contributed by atoms with Crippen molar-refractivity contribution in [2.24, 2.45) is 0 Å². The first-order valence-corrected chi connectivity index (χ1v) is 7.93. The average Bonchev–Trinajstić information content (AvgIpc) is 2.46. The summed E-state index contributed by atoms with van der Waals surface area (Å²) in [6.07, 6.45) is 2.08. The molecule has 114 valence electrons. The zero-order valence-electron chi connectivity index (χ0n) is 12.1. The number of nitrogen functional groups attached to an aromatic ring is 1. The Kier molecular flexibility index (Phi) is 5.22. The fourth-order valence-corrected chi connectivity index (χ4v) is 2.99. The fourth-order valence-electron chi connectivity index (χ4n) is 2.48. The standard InChI is InChI=1S/C15H20BrN3O2/c1-2-14(20)18-13-3-5-19(6-4-13)15(21)10-7-11(16)9-12(17)8-10/h7-9,13H,2-6,17H2,1H3,(H,18,20). The van der Waals surface area contributed by atoms with E-state index in [0.717, 1.165) is 17.3 Å². The molecule has 3 N–H and O–H groups in total. The van der Waals surface area contributed by atoms with E-state index in [2.05, 4.69) is 21.2 Å². The predicted molar refractivity (Wildman–Crippen MR) is 85.9 cm³/mol. The topological polar surface area (TPSA) is 75.4 Å². The van der Waals surface area contributed by atoms with Crippen molar-refractivity contribution in [3.63, 3.8) is 0 Å². The van der Waals surface area contributed by atoms with Crippen molar-refractivity contribution in [3.8, 4) is 0 Å². The van der Waals surface area contributed by atoms with Crippen LogP contribution in [0.4, 0.5) is 5.69 Å². The SMILES string of the molecule is CCC(=O)NC1CCN(C(=O)c2cc(N)cc(Br)c2)CC1. The number of likely N-dealkylation sites (tertiary alicyclic amines) is 1. The van der Waals surface area contributed by atoms with Crippen molar-refractivity contribution < 1.29 is 9.59 Å². The van der Waals surface area contributed by atoms with Gasteiger partial charge in [-0.05, 0) is 31.0 Å². The van der Waals surface area contributed by atoms with E-state index in [-0.39, 0.29) is 17.9 Å². The summed E-state index contributed by atoms with van der Waals surface area (Å²) in [4.78, 5) is 25.6. The Morgan fingerprint density at radius 2 is 2.00 bits per heavy atom. The second-order valence-corrected chi connectivity index (χ2v) is 6.18. The minimum atomic E-state index is -0.0109. The van der Waals surface area contributed by atoms with E-state index in [9.17, 15) is 9.59 Å². The van der Waals surface area contributed by atoms with Gasteiger partial charge >= 0.3 is 0 Å². The number of carbonyl (C=O) groups excluding carboxylic acids is 2. The van der Waals surface area contributed by atoms with Crippen LogP contribution >= 0.6 is 15.9 Å². The molecule has 0 saturated carbocycles. The molecule has 0 radical (unpaired) electrons. The van der Waals surface area contributed by atoms with Crippen LogP contribution in [-0.4, -0.2) is 35.8 Å². The lowest BCUT2D eigenvalue weighted by molar-refractivity contribution is -0.121. The molecule has 0 aromatic heterocycles. The molecule has 0 unspecified atom stereocenters. The molecule has 1 aromatic rings. The van der Waals surface area contributed by atoms with Gasteiger partial charge < -0.3 is 16.0 Å². The van der Waals surface area contributed by atoms with Gasteiger partial charge in [-0.25, -0.2) is 0 Å². The molecule has 1 heterocycles. The van der Waals surface area contributed by atoms with Crippen molar-refractivity contribution in [1.82, 2.24) is 10.2 Å². The third-order valence-corrected chi connectivity index (χ3v) is 4.09. The molecular formula is C15H20BrN3O2. The van der Waals surface area contributed by atoms with E-state index < -0.39 is 0 Å². The molecule has 1 aliphatic heterocycles. The van der Waals surface area contributed by atoms with Crippen LogP contribution in [0.5, 0.6) is 0 Å². The maximum Gasteiger partial charge on any atom is 0.253 e. The second-order valence-electron chi connectivity index (χ2n) is 5.26. The van der Waals surface area contributed by atoms with Crippen LogP contribution in [0.3, 0.4) is 0 Å². The predicted octanol–water partition coefficient (Wildman–Crippen LogP) is 2.16. The molecule has 0 bridgehead atoms. The number of rotatable bonds is 3. The molecule has 0 spiro atoms. The zero-order chi connectivity index (χ0) is 15.4. The molecule has 21 heavy (non-hydrogen) atoms. The Balaban J connectivity index is 1.95. The first kappa shape index (κ1) is 15.8. The van der Waals surface area contributed by atoms with E-state index in [0.29, 0.717) is 30.8 Å². The van der Waals surface area contributed by atoms with E-state index in [1.807, 2.05) is 11.8 Å². The second kappa shape index (κ2) is 6.93. The molecule has 2 rings (SSSR count). The Bertz CT molecular complexity index is 519. The third kappa shape index (κ3) is 4.20. The number of benzene rings is 1. The number of carbonyl (C=O) groups is 2. The average molecular weight is 354 g/mol. The lowest BCUT2D eigenvalue weighted by atomic mass is 10.0. The van der Waals surface area contributed by atoms with Crippen LogP contribution in [0.2, 0.25) is 0 Å². The van der Waals surface area contributed by atoms with Crippen molar-refractivity contribution in [2.75, 3.05) is 18.8 Å². The Hall–Kier alpha value is -1.56. The van der Waals surface area contributed by atoms with Crippen molar-refractivity contribution in [2.45, 2.75) is 32.2 Å². The number of nitrogens with two attached hydrogens (primary N) is 1. The quantitative estimate of drug-likeness (QED) is 0.817. The normalized spacial score (nSPS) is 15.8. The Morgan fingerprint density at radius 3 is 2.57 bits per heavy atom. The van der Waals surface area contributed by atoms with Gasteiger partial charge in [0.05, 0.1) is 0 Å². The summed E-state index contributed by atoms with van der Waals surface area (Å²) < 4.78 is 0.802. The summed E-state index contributed by atoms with van der Waals surface area (Å²) >= 11 is 3.35. The first-order valence-electron chi connectivity index (χ1n) is 7.14. The van der Waals surface area contributed by atoms with E-state index in [1.54, 1.807) is 18.2 Å². The van der Waals surface area contributed by atoms with Gasteiger partial charge in [-0.2, -0.15) is 0 Å². The number of nitrogens with one attached hydrogen (secondary N) is 1. The molecule has 1 fully saturated rings. The van der Waals surface area contributed by atoms with Crippen molar-refractivity contribution in [3.05, 3.63) is 28.2 Å². The van der Waals surface area contributed by atoms with E-state index in [4.69, 9.17) is 5.73 Å². The van der Waals surface area contributed by atoms with Gasteiger partial charge in [0.1, 0.15) is 0 Å². The highest BCUT2D eigenvalue weighted by atomic mass is 79.9. The van der Waals surface area contributed by atoms with Gasteiger partial charge in [0.15, 0.2) is 0 Å². The Labute approximate surface area is 133 Å². The molecule has 6 heteroatoms. The summed E-state index contributed by atoms with van der Waals surface area (Å²) in [6.45, 7) is 3.14. The number of anilines is 1. The highest BCUT2D eigenvalue weighted by Gasteiger charge is 2.24. The number of hydrogen-bond donors (Lipinski definition) is 2. The minimum Gasteiger partial charge on any atom is -0.399 e. The largest absolute Gasteiger partial charge is 0.399 e. The smallest absolute Gasteiger partial charge is 0.253 e. The summed E-state index contributed by atoms with van der Waals surface area (Å²) in [5, 5.41) is 2.98. The summed E-state index contributed by atoms with van der Waals surface area (Å²) in [7, 11) is 0. The lowest BCUT2D eigenvalue weighted by Gasteiger charge is -2.32. The lowest BCUT2D eigenvalue weighted by Crippen LogP contribution is -2.46. The van der Waals surface area contributed by atoms with Gasteiger partial charge in [-0.1, -0.05) is 22.9 Å². The number of halogens is 1. The van der Waals surface area contributed by atoms with Gasteiger partial charge in [0, 0.05) is 41.3 Å². The van der Waals surface area contributed by atoms with Gasteiger partial charge in [-0.3, -0.25) is 9.59 Å². The van der Waals surface area contributed by atoms with Gasteiger partial charge in [0.25, 0.3) is 5.91 Å². The van der Waals surface area contributed by atoms with E-state index >= 15 is 0 Å². The molecular weight excluding hydrogens is 334 g/mol. The van der Waals surface area contributed by atoms with Gasteiger partial charge in [0.2, 0.25) is 5.91 Å². The zero-order valence-corrected chi connectivity index (χ0v) is 13.6. The molecule has 1 aliphatic rings. The maximum atomic E-state index is 12.5. The van der Waals surface area contributed by atoms with Gasteiger partial charge in [-0.15, -0.1) is 0 Å². The molecule has 1 aromatic carbocycles. The monoisotopic (exact) mass is 353 g/mol. The summed E-state index contributed by atoms with van der Waals surface area (Å²) in [6, 6.07) is 5.42. The highest BCUT2D eigenvalue weighted by molar-refractivity contribution is 9.10. The molecule has 2 amide bonds. The summed E-state index contributed by atoms with van der Waals surface area (Å²) in [5.41, 5.74) is 6.93. The highest BCUT2D eigenvalue weighted by Crippen LogP contribution is 2.20. The van der Waals surface area contributed by atoms with Crippen LogP contribution in [-0.2, 0) is 4.79 Å². The molecule has 0 atom stereocenters. The van der Waals surface area contributed by atoms with Crippen LogP contribution in [0, 0.1) is 0 Å². The number of hydrogen-bond acceptors (Lipinski definition) is 3. The van der Waals surface area contributed by atoms with Crippen LogP contribution in [0.25, 0.3) is 0 Å². The third-order valence-electron chi connectivity index (χ3n) is 3.64. The van der Waals surface area contributed by atoms with Crippen LogP contribution in [0.1, 0.15) is 36.5 Å².